The predicted molar refractivity (Wildman–Crippen MR) is 59.2 cm³/mol. The number of carbonyl (C=O) groups is 2. The van der Waals surface area contributed by atoms with Gasteiger partial charge in [0, 0.05) is 31.0 Å². The monoisotopic (exact) mass is 215 g/mol. The lowest BCUT2D eigenvalue weighted by atomic mass is 9.87. The van der Waals surface area contributed by atoms with Crippen molar-refractivity contribution in [2.75, 3.05) is 6.54 Å². The van der Waals surface area contributed by atoms with Crippen molar-refractivity contribution in [1.29, 1.82) is 0 Å². The molecular weight excluding hydrogens is 202 g/mol. The lowest BCUT2D eigenvalue weighted by Gasteiger charge is -2.39. The van der Waals surface area contributed by atoms with Crippen LogP contribution < -0.4 is 0 Å². The summed E-state index contributed by atoms with van der Waals surface area (Å²) in [5, 5.41) is 0. The van der Waals surface area contributed by atoms with Gasteiger partial charge in [-0.2, -0.15) is 0 Å². The molecule has 3 rings (SSSR count). The van der Waals surface area contributed by atoms with E-state index in [1.807, 2.05) is 29.2 Å². The first kappa shape index (κ1) is 9.58. The van der Waals surface area contributed by atoms with Gasteiger partial charge in [0.05, 0.1) is 0 Å². The highest BCUT2D eigenvalue weighted by atomic mass is 16.2. The number of nitrogens with zero attached hydrogens (tertiary/aromatic N) is 1. The summed E-state index contributed by atoms with van der Waals surface area (Å²) >= 11 is 0. The van der Waals surface area contributed by atoms with Gasteiger partial charge in [0.15, 0.2) is 0 Å². The van der Waals surface area contributed by atoms with E-state index < -0.39 is 0 Å². The normalized spacial score (nSPS) is 24.0. The van der Waals surface area contributed by atoms with Crippen molar-refractivity contribution in [3.05, 3.63) is 35.4 Å². The summed E-state index contributed by atoms with van der Waals surface area (Å²) in [4.78, 5) is 25.4. The number of piperidine rings is 1. The largest absolute Gasteiger partial charge is 0.334 e. The predicted octanol–water partition coefficient (Wildman–Crippen LogP) is 1.42. The molecule has 82 valence electrons. The average Bonchev–Trinajstić information content (AvgIpc) is 2.29. The van der Waals surface area contributed by atoms with Gasteiger partial charge < -0.3 is 4.90 Å². The quantitative estimate of drug-likeness (QED) is 0.656. The first-order chi connectivity index (χ1) is 7.75. The third-order valence-corrected chi connectivity index (χ3v) is 3.50. The Morgan fingerprint density at radius 1 is 1.12 bits per heavy atom. The molecule has 0 bridgehead atoms. The highest BCUT2D eigenvalue weighted by Crippen LogP contribution is 2.27. The molecular formula is C13H13NO2. The second-order valence-corrected chi connectivity index (χ2v) is 4.51. The molecule has 3 nitrogen and oxygen atoms in total. The lowest BCUT2D eigenvalue weighted by molar-refractivity contribution is -0.122. The van der Waals surface area contributed by atoms with Crippen molar-refractivity contribution in [2.24, 2.45) is 0 Å². The third kappa shape index (κ3) is 1.35. The van der Waals surface area contributed by atoms with Crippen molar-refractivity contribution in [3.63, 3.8) is 0 Å². The van der Waals surface area contributed by atoms with Crippen LogP contribution in [-0.4, -0.2) is 29.2 Å². The number of ketones is 1. The van der Waals surface area contributed by atoms with Crippen LogP contribution in [0.1, 0.15) is 28.8 Å². The number of Topliss-reactive ketones (excluding diaryl/α,β-unsaturated/α-hetero) is 1. The second kappa shape index (κ2) is 3.44. The molecule has 2 heterocycles. The summed E-state index contributed by atoms with van der Waals surface area (Å²) in [6.45, 7) is 0.594. The number of benzene rings is 1. The van der Waals surface area contributed by atoms with Crippen molar-refractivity contribution in [1.82, 2.24) is 4.90 Å². The molecule has 0 spiro atoms. The fraction of sp³-hybridized carbons (Fsp3) is 0.385. The standard InChI is InChI=1S/C13H13NO2/c15-11-5-6-14-10(8-11)7-9-3-1-2-4-12(9)13(14)16/h1-4,10H,5-8H2/t10-/m1/s1. The third-order valence-electron chi connectivity index (χ3n) is 3.50. The van der Waals surface area contributed by atoms with Crippen LogP contribution in [0.4, 0.5) is 0 Å². The first-order valence-corrected chi connectivity index (χ1v) is 5.66. The molecule has 3 heteroatoms. The van der Waals surface area contributed by atoms with Gasteiger partial charge in [0.25, 0.3) is 5.91 Å². The fourth-order valence-electron chi connectivity index (χ4n) is 2.67. The maximum atomic E-state index is 12.2. The Labute approximate surface area is 94.1 Å². The van der Waals surface area contributed by atoms with E-state index in [0.717, 1.165) is 17.5 Å². The van der Waals surface area contributed by atoms with E-state index in [1.54, 1.807) is 0 Å². The highest BCUT2D eigenvalue weighted by molar-refractivity contribution is 5.98. The molecule has 2 aliphatic rings. The number of fused-ring (bicyclic) bond motifs is 2. The van der Waals surface area contributed by atoms with E-state index in [9.17, 15) is 9.59 Å². The number of amides is 1. The fourth-order valence-corrected chi connectivity index (χ4v) is 2.67. The van der Waals surface area contributed by atoms with Crippen LogP contribution in [-0.2, 0) is 11.2 Å². The van der Waals surface area contributed by atoms with E-state index in [2.05, 4.69) is 0 Å². The number of carbonyl (C=O) groups excluding carboxylic acids is 2. The lowest BCUT2D eigenvalue weighted by Crippen LogP contribution is -2.50. The van der Waals surface area contributed by atoms with Crippen LogP contribution in [0.2, 0.25) is 0 Å². The van der Waals surface area contributed by atoms with Gasteiger partial charge in [-0.15, -0.1) is 0 Å². The number of rotatable bonds is 0. The highest BCUT2D eigenvalue weighted by Gasteiger charge is 2.35. The Kier molecular flexibility index (Phi) is 2.06. The van der Waals surface area contributed by atoms with Gasteiger partial charge in [-0.3, -0.25) is 9.59 Å². The van der Waals surface area contributed by atoms with Gasteiger partial charge >= 0.3 is 0 Å². The molecule has 1 aromatic rings. The zero-order chi connectivity index (χ0) is 11.1. The van der Waals surface area contributed by atoms with Crippen LogP contribution in [0.3, 0.4) is 0 Å². The molecule has 1 atom stereocenters. The Bertz CT molecular complexity index is 467. The summed E-state index contributed by atoms with van der Waals surface area (Å²) in [6, 6.07) is 7.82. The summed E-state index contributed by atoms with van der Waals surface area (Å²) in [5.74, 6) is 0.382. The van der Waals surface area contributed by atoms with Gasteiger partial charge in [-0.1, -0.05) is 18.2 Å². The van der Waals surface area contributed by atoms with E-state index in [0.29, 0.717) is 19.4 Å². The van der Waals surface area contributed by atoms with E-state index in [1.165, 1.54) is 0 Å². The topological polar surface area (TPSA) is 37.4 Å². The molecule has 0 saturated carbocycles. The van der Waals surface area contributed by atoms with Gasteiger partial charge in [-0.25, -0.2) is 0 Å². The summed E-state index contributed by atoms with van der Waals surface area (Å²) in [7, 11) is 0. The molecule has 1 amide bonds. The zero-order valence-corrected chi connectivity index (χ0v) is 8.98. The molecule has 1 aromatic carbocycles. The molecule has 1 saturated heterocycles. The van der Waals surface area contributed by atoms with Gasteiger partial charge in [0.2, 0.25) is 0 Å². The maximum Gasteiger partial charge on any atom is 0.254 e. The Morgan fingerprint density at radius 2 is 1.94 bits per heavy atom. The van der Waals surface area contributed by atoms with E-state index >= 15 is 0 Å². The van der Waals surface area contributed by atoms with Crippen LogP contribution in [0.25, 0.3) is 0 Å². The zero-order valence-electron chi connectivity index (χ0n) is 8.98. The SMILES string of the molecule is O=C1CCN2C(=O)c3ccccc3C[C@@H]2C1. The maximum absolute atomic E-state index is 12.2. The second-order valence-electron chi connectivity index (χ2n) is 4.51. The Morgan fingerprint density at radius 3 is 2.81 bits per heavy atom. The van der Waals surface area contributed by atoms with E-state index in [-0.39, 0.29) is 17.7 Å². The summed E-state index contributed by atoms with van der Waals surface area (Å²) in [6.07, 6.45) is 1.87. The Hall–Kier alpha value is -1.64. The molecule has 0 aliphatic carbocycles. The van der Waals surface area contributed by atoms with Crippen LogP contribution in [0.5, 0.6) is 0 Å². The molecule has 16 heavy (non-hydrogen) atoms. The molecule has 0 aromatic heterocycles. The van der Waals surface area contributed by atoms with Crippen molar-refractivity contribution < 1.29 is 9.59 Å². The molecule has 0 N–H and O–H groups in total. The smallest absolute Gasteiger partial charge is 0.254 e. The van der Waals surface area contributed by atoms with Gasteiger partial charge in [-0.05, 0) is 18.1 Å². The van der Waals surface area contributed by atoms with Crippen molar-refractivity contribution >= 4 is 11.7 Å². The first-order valence-electron chi connectivity index (χ1n) is 5.66. The summed E-state index contributed by atoms with van der Waals surface area (Å²) in [5.41, 5.74) is 1.90. The molecule has 2 aliphatic heterocycles. The van der Waals surface area contributed by atoms with Crippen LogP contribution in [0, 0.1) is 0 Å². The molecule has 0 unspecified atom stereocenters. The minimum absolute atomic E-state index is 0.0966. The molecule has 0 radical (unpaired) electrons. The minimum Gasteiger partial charge on any atom is -0.334 e. The average molecular weight is 215 g/mol. The minimum atomic E-state index is 0.0966. The van der Waals surface area contributed by atoms with E-state index in [4.69, 9.17) is 0 Å². The van der Waals surface area contributed by atoms with Crippen molar-refractivity contribution in [2.45, 2.75) is 25.3 Å². The van der Waals surface area contributed by atoms with Gasteiger partial charge in [0.1, 0.15) is 5.78 Å². The number of hydrogen-bond acceptors (Lipinski definition) is 2. The summed E-state index contributed by atoms with van der Waals surface area (Å²) < 4.78 is 0. The van der Waals surface area contributed by atoms with Crippen molar-refractivity contribution in [3.8, 4) is 0 Å². The van der Waals surface area contributed by atoms with Crippen LogP contribution in [0.15, 0.2) is 24.3 Å². The Balaban J connectivity index is 2.00. The van der Waals surface area contributed by atoms with Crippen LogP contribution >= 0.6 is 0 Å². The molecule has 1 fully saturated rings. The number of hydrogen-bond donors (Lipinski definition) is 0.